The van der Waals surface area contributed by atoms with E-state index in [1.807, 2.05) is 0 Å². The second-order valence-corrected chi connectivity index (χ2v) is 20.0. The van der Waals surface area contributed by atoms with Gasteiger partial charge in [0, 0.05) is 17.1 Å². The van der Waals surface area contributed by atoms with Crippen molar-refractivity contribution in [2.75, 3.05) is 4.90 Å². The molecule has 0 N–H and O–H groups in total. The lowest BCUT2D eigenvalue weighted by Gasteiger charge is -2.34. The Morgan fingerprint density at radius 2 is 0.444 bits per heavy atom. The summed E-state index contributed by atoms with van der Waals surface area (Å²) in [5.41, 5.74) is 14.2. The van der Waals surface area contributed by atoms with Gasteiger partial charge in [-0.25, -0.2) is 0 Å². The normalized spacial score (nSPS) is 11.3. The van der Waals surface area contributed by atoms with Gasteiger partial charge in [-0.15, -0.1) is 0 Å². The zero-order valence-electron chi connectivity index (χ0n) is 35.4. The van der Waals surface area contributed by atoms with Crippen LogP contribution in [-0.2, 0) is 0 Å². The molecule has 0 saturated heterocycles. The summed E-state index contributed by atoms with van der Waals surface area (Å²) in [6.07, 6.45) is 0. The van der Waals surface area contributed by atoms with Gasteiger partial charge in [0.15, 0.2) is 8.07 Å². The maximum atomic E-state index is 2.38. The predicted molar refractivity (Wildman–Crippen MR) is 271 cm³/mol. The van der Waals surface area contributed by atoms with Gasteiger partial charge in [-0.2, -0.15) is 0 Å². The van der Waals surface area contributed by atoms with Gasteiger partial charge in [0.25, 0.3) is 0 Å². The summed E-state index contributed by atoms with van der Waals surface area (Å²) in [4.78, 5) is 2.35. The van der Waals surface area contributed by atoms with Crippen molar-refractivity contribution < 1.29 is 0 Å². The van der Waals surface area contributed by atoms with Gasteiger partial charge in [0.1, 0.15) is 0 Å². The summed E-state index contributed by atoms with van der Waals surface area (Å²) in [6.45, 7) is 2.13. The fraction of sp³-hybridized carbons (Fsp3) is 0.0164. The van der Waals surface area contributed by atoms with Crippen LogP contribution >= 0.6 is 0 Å². The topological polar surface area (TPSA) is 3.24 Å². The van der Waals surface area contributed by atoms with Gasteiger partial charge in [-0.3, -0.25) is 0 Å². The highest BCUT2D eigenvalue weighted by Crippen LogP contribution is 2.38. The van der Waals surface area contributed by atoms with Crippen molar-refractivity contribution in [3.63, 3.8) is 0 Å². The second-order valence-electron chi connectivity index (χ2n) is 16.2. The number of anilines is 3. The molecule has 0 fully saturated rings. The van der Waals surface area contributed by atoms with Crippen LogP contribution < -0.4 is 25.6 Å². The molecule has 0 radical (unpaired) electrons. The van der Waals surface area contributed by atoms with Gasteiger partial charge in [-0.05, 0) is 109 Å². The van der Waals surface area contributed by atoms with Gasteiger partial charge in [0.2, 0.25) is 0 Å². The predicted octanol–water partition coefficient (Wildman–Crippen LogP) is 13.5. The van der Waals surface area contributed by atoms with Gasteiger partial charge >= 0.3 is 0 Å². The van der Waals surface area contributed by atoms with Crippen molar-refractivity contribution in [2.24, 2.45) is 0 Å². The lowest BCUT2D eigenvalue weighted by atomic mass is 9.99. The highest BCUT2D eigenvalue weighted by molar-refractivity contribution is 7.19. The molecule has 0 amide bonds. The van der Waals surface area contributed by atoms with E-state index < -0.39 is 8.07 Å². The molecular weight excluding hydrogens is 775 g/mol. The van der Waals surface area contributed by atoms with Crippen LogP contribution in [0.2, 0.25) is 0 Å². The molecular formula is C61H47NSi. The third-order valence-corrected chi connectivity index (χ3v) is 17.2. The van der Waals surface area contributed by atoms with Crippen molar-refractivity contribution >= 4 is 45.9 Å². The Morgan fingerprint density at radius 3 is 0.762 bits per heavy atom. The summed E-state index contributed by atoms with van der Waals surface area (Å²) in [7, 11) is -2.60. The second kappa shape index (κ2) is 17.7. The van der Waals surface area contributed by atoms with E-state index in [1.54, 1.807) is 0 Å². The van der Waals surface area contributed by atoms with Crippen molar-refractivity contribution in [3.8, 4) is 44.5 Å². The van der Waals surface area contributed by atoms with Gasteiger partial charge in [-0.1, -0.05) is 236 Å². The first-order chi connectivity index (χ1) is 31.1. The number of rotatable bonds is 11. The zero-order valence-corrected chi connectivity index (χ0v) is 36.4. The van der Waals surface area contributed by atoms with E-state index >= 15 is 0 Å². The highest BCUT2D eigenvalue weighted by atomic mass is 28.3. The minimum absolute atomic E-state index is 1.10. The van der Waals surface area contributed by atoms with Crippen LogP contribution in [0.5, 0.6) is 0 Å². The average Bonchev–Trinajstić information content (AvgIpc) is 3.37. The Morgan fingerprint density at radius 1 is 0.222 bits per heavy atom. The molecule has 0 atom stereocenters. The van der Waals surface area contributed by atoms with E-state index in [9.17, 15) is 0 Å². The first-order valence-corrected chi connectivity index (χ1v) is 23.7. The number of benzene rings is 10. The van der Waals surface area contributed by atoms with Crippen LogP contribution in [0, 0.1) is 6.92 Å². The summed E-state index contributed by atoms with van der Waals surface area (Å²) < 4.78 is 0. The van der Waals surface area contributed by atoms with Crippen molar-refractivity contribution in [3.05, 3.63) is 272 Å². The molecule has 10 aromatic rings. The quantitative estimate of drug-likeness (QED) is 0.0928. The lowest BCUT2D eigenvalue weighted by Crippen LogP contribution is -2.74. The molecule has 0 unspecified atom stereocenters. The van der Waals surface area contributed by atoms with Crippen molar-refractivity contribution in [1.82, 2.24) is 0 Å². The lowest BCUT2D eigenvalue weighted by molar-refractivity contribution is 1.28. The summed E-state index contributed by atoms with van der Waals surface area (Å²) >= 11 is 0. The van der Waals surface area contributed by atoms with Gasteiger partial charge in [0.05, 0.1) is 0 Å². The maximum Gasteiger partial charge on any atom is 0.179 e. The zero-order chi connectivity index (χ0) is 42.4. The van der Waals surface area contributed by atoms with E-state index in [-0.39, 0.29) is 0 Å². The molecule has 10 rings (SSSR count). The molecule has 0 bridgehead atoms. The molecule has 0 saturated carbocycles. The molecule has 1 nitrogen and oxygen atoms in total. The summed E-state index contributed by atoms with van der Waals surface area (Å²) in [6, 6.07) is 97.8. The fourth-order valence-electron chi connectivity index (χ4n) is 9.06. The SMILES string of the molecule is Cc1ccc(-c2ccc(-c3ccc(N(c4ccc(-c5ccccc5)cc4)c4ccc(-c5ccc([Si](c6ccccc6)(c6ccccc6)c6ccccc6)cc5)cc4)cc3)cc2)cc1. The molecule has 0 aromatic heterocycles. The highest BCUT2D eigenvalue weighted by Gasteiger charge is 2.41. The van der Waals surface area contributed by atoms with Crippen LogP contribution in [0.15, 0.2) is 267 Å². The summed E-state index contributed by atoms with van der Waals surface area (Å²) in [5.74, 6) is 0. The van der Waals surface area contributed by atoms with Crippen molar-refractivity contribution in [1.29, 1.82) is 0 Å². The average molecular weight is 822 g/mol. The molecule has 0 heterocycles. The van der Waals surface area contributed by atoms with Crippen molar-refractivity contribution in [2.45, 2.75) is 6.92 Å². The molecule has 0 aliphatic rings. The Hall–Kier alpha value is -7.78. The standard InChI is InChI=1S/C61H47NSi/c1-46-22-24-48(25-23-46)49-26-28-50(29-27-49)52-32-40-56(41-33-52)62(55-38-30-51(31-39-55)47-14-6-2-7-15-47)57-42-34-53(35-43-57)54-36-44-61(45-37-54)63(58-16-8-3-9-17-58,59-18-10-4-11-19-59)60-20-12-5-13-21-60/h2-45H,1H3. The largest absolute Gasteiger partial charge is 0.311 e. The Labute approximate surface area is 372 Å². The van der Waals surface area contributed by atoms with E-state index in [2.05, 4.69) is 279 Å². The van der Waals surface area contributed by atoms with E-state index in [0.717, 1.165) is 17.1 Å². The van der Waals surface area contributed by atoms with E-state index in [4.69, 9.17) is 0 Å². The molecule has 0 aliphatic heterocycles. The van der Waals surface area contributed by atoms with E-state index in [0.29, 0.717) is 0 Å². The molecule has 0 aliphatic carbocycles. The van der Waals surface area contributed by atoms with Crippen LogP contribution in [0.25, 0.3) is 44.5 Å². The smallest absolute Gasteiger partial charge is 0.179 e. The molecule has 0 spiro atoms. The minimum Gasteiger partial charge on any atom is -0.311 e. The Bertz CT molecular complexity index is 2920. The number of hydrogen-bond acceptors (Lipinski definition) is 1. The molecule has 63 heavy (non-hydrogen) atoms. The van der Waals surface area contributed by atoms with Crippen LogP contribution in [0.4, 0.5) is 17.1 Å². The monoisotopic (exact) mass is 821 g/mol. The van der Waals surface area contributed by atoms with Crippen LogP contribution in [-0.4, -0.2) is 8.07 Å². The number of hydrogen-bond donors (Lipinski definition) is 0. The number of nitrogens with zero attached hydrogens (tertiary/aromatic N) is 1. The third kappa shape index (κ3) is 7.97. The minimum atomic E-state index is -2.60. The molecule has 300 valence electrons. The Balaban J connectivity index is 0.985. The van der Waals surface area contributed by atoms with Crippen LogP contribution in [0.3, 0.4) is 0 Å². The van der Waals surface area contributed by atoms with Crippen LogP contribution in [0.1, 0.15) is 5.56 Å². The first-order valence-electron chi connectivity index (χ1n) is 21.7. The summed E-state index contributed by atoms with van der Waals surface area (Å²) in [5, 5.41) is 5.49. The molecule has 2 heteroatoms. The van der Waals surface area contributed by atoms with Gasteiger partial charge < -0.3 is 4.90 Å². The third-order valence-electron chi connectivity index (χ3n) is 12.4. The molecule has 10 aromatic carbocycles. The first kappa shape index (κ1) is 39.4. The Kier molecular flexibility index (Phi) is 11.0. The number of aryl methyl sites for hydroxylation is 1. The maximum absolute atomic E-state index is 2.60. The fourth-order valence-corrected chi connectivity index (χ4v) is 13.8. The van der Waals surface area contributed by atoms with E-state index in [1.165, 1.54) is 70.8 Å².